The maximum atomic E-state index is 10.8. The van der Waals surface area contributed by atoms with Gasteiger partial charge in [-0.1, -0.05) is 72.6 Å². The van der Waals surface area contributed by atoms with Gasteiger partial charge in [-0.05, 0) is 94.2 Å². The number of ether oxygens (including phenoxy) is 2. The average molecular weight is 517 g/mol. The molecule has 0 radical (unpaired) electrons. The van der Waals surface area contributed by atoms with Gasteiger partial charge in [0.25, 0.3) is 0 Å². The van der Waals surface area contributed by atoms with Crippen LogP contribution in [-0.2, 0) is 11.2 Å². The van der Waals surface area contributed by atoms with Gasteiger partial charge in [0.15, 0.2) is 0 Å². The summed E-state index contributed by atoms with van der Waals surface area (Å²) < 4.78 is 12.8. The third kappa shape index (κ3) is 10.2. The van der Waals surface area contributed by atoms with Gasteiger partial charge in [0, 0.05) is 12.0 Å². The van der Waals surface area contributed by atoms with E-state index in [9.17, 15) is 4.79 Å². The van der Waals surface area contributed by atoms with Crippen molar-refractivity contribution >= 4 is 5.97 Å². The first-order valence-corrected chi connectivity index (χ1v) is 15.1. The Morgan fingerprint density at radius 3 is 2.08 bits per heavy atom. The minimum Gasteiger partial charge on any atom is -0.493 e. The number of carboxylic acid groups (broad SMARTS) is 1. The summed E-state index contributed by atoms with van der Waals surface area (Å²) >= 11 is 0. The molecule has 0 bridgehead atoms. The van der Waals surface area contributed by atoms with Crippen LogP contribution >= 0.6 is 0 Å². The molecule has 4 heteroatoms. The summed E-state index contributed by atoms with van der Waals surface area (Å²) in [5, 5.41) is 8.89. The first-order chi connectivity index (χ1) is 17.4. The first kappa shape index (κ1) is 31.5. The van der Waals surface area contributed by atoms with Crippen molar-refractivity contribution < 1.29 is 19.4 Å². The number of aliphatic carboxylic acids is 1. The zero-order valence-electron chi connectivity index (χ0n) is 25.3. The van der Waals surface area contributed by atoms with Crippen molar-refractivity contribution in [2.24, 2.45) is 17.8 Å². The van der Waals surface area contributed by atoms with Crippen molar-refractivity contribution in [3.63, 3.8) is 0 Å². The fraction of sp³-hybridized carbons (Fsp3) is 0.788. The largest absolute Gasteiger partial charge is 0.493 e. The molecule has 212 valence electrons. The fourth-order valence-electron chi connectivity index (χ4n) is 5.87. The normalized spacial score (nSPS) is 18.8. The van der Waals surface area contributed by atoms with E-state index in [2.05, 4.69) is 55.4 Å². The quantitative estimate of drug-likeness (QED) is 0.210. The molecule has 0 aromatic heterocycles. The van der Waals surface area contributed by atoms with Crippen molar-refractivity contribution in [1.29, 1.82) is 0 Å². The molecule has 0 aliphatic carbocycles. The number of carbonyl (C=O) groups is 1. The summed E-state index contributed by atoms with van der Waals surface area (Å²) in [6, 6.07) is 0. The smallest absolute Gasteiger partial charge is 0.303 e. The van der Waals surface area contributed by atoms with Crippen LogP contribution < -0.4 is 9.47 Å². The van der Waals surface area contributed by atoms with Crippen LogP contribution in [0.15, 0.2) is 0 Å². The predicted molar refractivity (Wildman–Crippen MR) is 155 cm³/mol. The van der Waals surface area contributed by atoms with Gasteiger partial charge in [0.05, 0.1) is 6.61 Å². The Labute approximate surface area is 227 Å². The van der Waals surface area contributed by atoms with Crippen LogP contribution in [0.3, 0.4) is 0 Å². The summed E-state index contributed by atoms with van der Waals surface area (Å²) in [7, 11) is 0. The zero-order valence-corrected chi connectivity index (χ0v) is 25.3. The standard InChI is InChI=1S/C33H56O4/c1-23(2)13-9-14-24(3)15-10-16-25(4)17-11-20-33(8)21-19-29-28(7)31(36-22-12-18-30(34)35)26(5)27(6)32(29)37-33/h23-25H,9-22H2,1-8H3,(H,34,35). The van der Waals surface area contributed by atoms with Crippen LogP contribution in [0.2, 0.25) is 0 Å². The average Bonchev–Trinajstić information content (AvgIpc) is 2.81. The number of fused-ring (bicyclic) bond motifs is 1. The molecule has 1 aromatic carbocycles. The molecule has 1 aliphatic rings. The lowest BCUT2D eigenvalue weighted by atomic mass is 9.83. The molecule has 1 N–H and O–H groups in total. The third-order valence-electron chi connectivity index (χ3n) is 8.62. The molecule has 37 heavy (non-hydrogen) atoms. The lowest BCUT2D eigenvalue weighted by Gasteiger charge is -2.38. The van der Waals surface area contributed by atoms with E-state index in [1.54, 1.807) is 0 Å². The van der Waals surface area contributed by atoms with Crippen molar-refractivity contribution in [1.82, 2.24) is 0 Å². The van der Waals surface area contributed by atoms with Gasteiger partial charge in [-0.25, -0.2) is 0 Å². The molecule has 2 rings (SSSR count). The Bertz CT molecular complexity index is 859. The summed E-state index contributed by atoms with van der Waals surface area (Å²) in [6.07, 6.45) is 14.5. The first-order valence-electron chi connectivity index (χ1n) is 15.1. The van der Waals surface area contributed by atoms with Crippen molar-refractivity contribution in [3.8, 4) is 11.5 Å². The van der Waals surface area contributed by atoms with Gasteiger partial charge >= 0.3 is 5.97 Å². The topological polar surface area (TPSA) is 55.8 Å². The maximum Gasteiger partial charge on any atom is 0.303 e. The third-order valence-corrected chi connectivity index (χ3v) is 8.62. The summed E-state index contributed by atoms with van der Waals surface area (Å²) in [4.78, 5) is 10.8. The van der Waals surface area contributed by atoms with Crippen LogP contribution in [0.4, 0.5) is 0 Å². The Morgan fingerprint density at radius 2 is 1.49 bits per heavy atom. The number of hydrogen-bond acceptors (Lipinski definition) is 3. The van der Waals surface area contributed by atoms with Crippen molar-refractivity contribution in [2.45, 2.75) is 144 Å². The molecule has 0 amide bonds. The molecule has 0 fully saturated rings. The van der Waals surface area contributed by atoms with E-state index in [4.69, 9.17) is 14.6 Å². The molecule has 4 nitrogen and oxygen atoms in total. The Hall–Kier alpha value is -1.71. The number of carboxylic acids is 1. The van der Waals surface area contributed by atoms with Gasteiger partial charge in [0.1, 0.15) is 17.1 Å². The SMILES string of the molecule is Cc1c(C)c2c(c(C)c1OCCCC(=O)O)CCC(C)(CCCC(C)CCCC(C)CCCC(C)C)O2. The van der Waals surface area contributed by atoms with Crippen molar-refractivity contribution in [2.75, 3.05) is 6.61 Å². The Kier molecular flexibility index (Phi) is 12.8. The van der Waals surface area contributed by atoms with E-state index in [0.29, 0.717) is 13.0 Å². The van der Waals surface area contributed by atoms with Gasteiger partial charge in [-0.15, -0.1) is 0 Å². The molecule has 3 unspecified atom stereocenters. The lowest BCUT2D eigenvalue weighted by Crippen LogP contribution is -2.37. The van der Waals surface area contributed by atoms with Crippen LogP contribution in [0.5, 0.6) is 11.5 Å². The molecule has 0 saturated heterocycles. The zero-order chi connectivity index (χ0) is 27.6. The molecule has 1 aliphatic heterocycles. The highest BCUT2D eigenvalue weighted by Gasteiger charge is 2.34. The molecular weight excluding hydrogens is 460 g/mol. The molecule has 0 spiro atoms. The van der Waals surface area contributed by atoms with E-state index < -0.39 is 5.97 Å². The van der Waals surface area contributed by atoms with Crippen LogP contribution in [0.25, 0.3) is 0 Å². The highest BCUT2D eigenvalue weighted by atomic mass is 16.5. The Balaban J connectivity index is 1.82. The maximum absolute atomic E-state index is 10.8. The predicted octanol–water partition coefficient (Wildman–Crippen LogP) is 9.38. The van der Waals surface area contributed by atoms with E-state index in [1.807, 2.05) is 0 Å². The fourth-order valence-corrected chi connectivity index (χ4v) is 5.87. The monoisotopic (exact) mass is 516 g/mol. The van der Waals surface area contributed by atoms with E-state index >= 15 is 0 Å². The van der Waals surface area contributed by atoms with Gasteiger partial charge in [0.2, 0.25) is 0 Å². The highest BCUT2D eigenvalue weighted by Crippen LogP contribution is 2.45. The van der Waals surface area contributed by atoms with Gasteiger partial charge in [-0.2, -0.15) is 0 Å². The van der Waals surface area contributed by atoms with Gasteiger partial charge in [-0.3, -0.25) is 4.79 Å². The molecular formula is C33H56O4. The molecule has 0 saturated carbocycles. The van der Waals surface area contributed by atoms with Crippen molar-refractivity contribution in [3.05, 3.63) is 22.3 Å². The molecule has 1 aromatic rings. The summed E-state index contributed by atoms with van der Waals surface area (Å²) in [5.74, 6) is 3.68. The van der Waals surface area contributed by atoms with E-state index in [0.717, 1.165) is 65.2 Å². The van der Waals surface area contributed by atoms with Crippen LogP contribution in [0, 0.1) is 38.5 Å². The minimum atomic E-state index is -0.775. The second kappa shape index (κ2) is 15.0. The second-order valence-corrected chi connectivity index (χ2v) is 12.8. The summed E-state index contributed by atoms with van der Waals surface area (Å²) in [5.41, 5.74) is 4.59. The molecule has 3 atom stereocenters. The number of benzene rings is 1. The highest BCUT2D eigenvalue weighted by molar-refractivity contribution is 5.66. The number of hydrogen-bond donors (Lipinski definition) is 1. The van der Waals surface area contributed by atoms with Crippen LogP contribution in [0.1, 0.15) is 134 Å². The second-order valence-electron chi connectivity index (χ2n) is 12.8. The van der Waals surface area contributed by atoms with E-state index in [1.165, 1.54) is 56.9 Å². The minimum absolute atomic E-state index is 0.106. The van der Waals surface area contributed by atoms with Crippen LogP contribution in [-0.4, -0.2) is 23.3 Å². The summed E-state index contributed by atoms with van der Waals surface area (Å²) in [6.45, 7) is 18.6. The number of rotatable bonds is 17. The van der Waals surface area contributed by atoms with E-state index in [-0.39, 0.29) is 12.0 Å². The lowest BCUT2D eigenvalue weighted by molar-refractivity contribution is -0.137. The molecule has 1 heterocycles. The Morgan fingerprint density at radius 1 is 0.892 bits per heavy atom. The van der Waals surface area contributed by atoms with Gasteiger partial charge < -0.3 is 14.6 Å².